The maximum Gasteiger partial charge on any atom is 0.306 e. The van der Waals surface area contributed by atoms with Crippen molar-refractivity contribution < 1.29 is 28.6 Å². The van der Waals surface area contributed by atoms with Crippen molar-refractivity contribution in [2.45, 2.75) is 297 Å². The average molecular weight is 911 g/mol. The Morgan fingerprint density at radius 1 is 0.308 bits per heavy atom. The van der Waals surface area contributed by atoms with Crippen molar-refractivity contribution in [3.05, 3.63) is 48.6 Å². The molecule has 0 amide bonds. The molecule has 0 aliphatic heterocycles. The summed E-state index contributed by atoms with van der Waals surface area (Å²) in [5.41, 5.74) is 0. The van der Waals surface area contributed by atoms with Gasteiger partial charge >= 0.3 is 17.9 Å². The maximum atomic E-state index is 12.8. The first-order valence-corrected chi connectivity index (χ1v) is 28.1. The molecular weight excluding hydrogens is 805 g/mol. The third-order valence-corrected chi connectivity index (χ3v) is 12.3. The van der Waals surface area contributed by atoms with Crippen LogP contribution < -0.4 is 0 Å². The number of hydrogen-bond acceptors (Lipinski definition) is 6. The molecule has 0 heterocycles. The Morgan fingerprint density at radius 3 is 0.923 bits per heavy atom. The molecule has 65 heavy (non-hydrogen) atoms. The number of rotatable bonds is 51. The molecule has 0 aliphatic rings. The van der Waals surface area contributed by atoms with E-state index in [9.17, 15) is 14.4 Å². The molecule has 0 aromatic rings. The Labute approximate surface area is 403 Å². The van der Waals surface area contributed by atoms with Crippen LogP contribution in [-0.2, 0) is 28.6 Å². The fourth-order valence-corrected chi connectivity index (χ4v) is 8.03. The quantitative estimate of drug-likeness (QED) is 0.0262. The van der Waals surface area contributed by atoms with Gasteiger partial charge in [-0.2, -0.15) is 0 Å². The van der Waals surface area contributed by atoms with Gasteiger partial charge in [0, 0.05) is 19.3 Å². The van der Waals surface area contributed by atoms with Crippen molar-refractivity contribution >= 4 is 17.9 Å². The van der Waals surface area contributed by atoms with Crippen LogP contribution in [0.4, 0.5) is 0 Å². The predicted octanol–water partition coefficient (Wildman–Crippen LogP) is 18.7. The summed E-state index contributed by atoms with van der Waals surface area (Å²) >= 11 is 0. The molecule has 0 aromatic carbocycles. The molecule has 6 nitrogen and oxygen atoms in total. The van der Waals surface area contributed by atoms with Crippen LogP contribution in [0.5, 0.6) is 0 Å². The molecule has 0 saturated carbocycles. The molecule has 0 rings (SSSR count). The van der Waals surface area contributed by atoms with Gasteiger partial charge in [0.15, 0.2) is 6.10 Å². The number of carbonyl (C=O) groups excluding carboxylic acids is 3. The second-order valence-corrected chi connectivity index (χ2v) is 18.8. The fraction of sp³-hybridized carbons (Fsp3) is 0.814. The van der Waals surface area contributed by atoms with Crippen LogP contribution >= 0.6 is 0 Å². The summed E-state index contributed by atoms with van der Waals surface area (Å²) in [6.07, 6.45) is 65.2. The van der Waals surface area contributed by atoms with Crippen LogP contribution in [0.2, 0.25) is 0 Å². The van der Waals surface area contributed by atoms with Crippen molar-refractivity contribution in [2.75, 3.05) is 13.2 Å². The summed E-state index contributed by atoms with van der Waals surface area (Å²) in [6.45, 7) is 6.60. The molecule has 6 heteroatoms. The van der Waals surface area contributed by atoms with Crippen LogP contribution in [0, 0.1) is 0 Å². The van der Waals surface area contributed by atoms with Gasteiger partial charge in [-0.3, -0.25) is 14.4 Å². The average Bonchev–Trinajstić information content (AvgIpc) is 3.30. The Hall–Kier alpha value is -2.63. The maximum absolute atomic E-state index is 12.8. The smallest absolute Gasteiger partial charge is 0.306 e. The first-order chi connectivity index (χ1) is 32.0. The Bertz CT molecular complexity index is 1140. The van der Waals surface area contributed by atoms with Crippen LogP contribution in [0.1, 0.15) is 290 Å². The Morgan fingerprint density at radius 2 is 0.554 bits per heavy atom. The van der Waals surface area contributed by atoms with Gasteiger partial charge in [0.25, 0.3) is 0 Å². The molecule has 0 N–H and O–H groups in total. The van der Waals surface area contributed by atoms with Crippen molar-refractivity contribution in [2.24, 2.45) is 0 Å². The summed E-state index contributed by atoms with van der Waals surface area (Å²) in [4.78, 5) is 38.1. The van der Waals surface area contributed by atoms with E-state index in [2.05, 4.69) is 69.4 Å². The highest BCUT2D eigenvalue weighted by atomic mass is 16.6. The van der Waals surface area contributed by atoms with Gasteiger partial charge in [0.1, 0.15) is 13.2 Å². The highest BCUT2D eigenvalue weighted by molar-refractivity contribution is 5.71. The number of carbonyl (C=O) groups is 3. The van der Waals surface area contributed by atoms with E-state index < -0.39 is 6.10 Å². The lowest BCUT2D eigenvalue weighted by atomic mass is 10.0. The van der Waals surface area contributed by atoms with Gasteiger partial charge in [-0.05, 0) is 83.5 Å². The molecule has 0 unspecified atom stereocenters. The molecule has 0 radical (unpaired) electrons. The van der Waals surface area contributed by atoms with Gasteiger partial charge in [-0.1, -0.05) is 236 Å². The van der Waals surface area contributed by atoms with E-state index in [1.807, 2.05) is 0 Å². The van der Waals surface area contributed by atoms with Gasteiger partial charge in [0.05, 0.1) is 0 Å². The molecule has 0 bridgehead atoms. The predicted molar refractivity (Wildman–Crippen MR) is 279 cm³/mol. The van der Waals surface area contributed by atoms with Crippen molar-refractivity contribution in [1.82, 2.24) is 0 Å². The molecule has 0 aliphatic carbocycles. The fourth-order valence-electron chi connectivity index (χ4n) is 8.03. The number of unbranched alkanes of at least 4 members (excludes halogenated alkanes) is 32. The van der Waals surface area contributed by atoms with E-state index in [0.29, 0.717) is 19.3 Å². The lowest BCUT2D eigenvalue weighted by Gasteiger charge is -2.18. The molecule has 378 valence electrons. The molecule has 0 spiro atoms. The third kappa shape index (κ3) is 52.2. The normalized spacial score (nSPS) is 12.4. The van der Waals surface area contributed by atoms with E-state index in [-0.39, 0.29) is 31.1 Å². The lowest BCUT2D eigenvalue weighted by molar-refractivity contribution is -0.167. The van der Waals surface area contributed by atoms with Crippen molar-refractivity contribution in [3.63, 3.8) is 0 Å². The summed E-state index contributed by atoms with van der Waals surface area (Å²) in [5, 5.41) is 0. The molecule has 0 saturated heterocycles. The monoisotopic (exact) mass is 911 g/mol. The summed E-state index contributed by atoms with van der Waals surface area (Å²) in [7, 11) is 0. The zero-order chi connectivity index (χ0) is 47.2. The minimum atomic E-state index is -0.786. The van der Waals surface area contributed by atoms with E-state index >= 15 is 0 Å². The highest BCUT2D eigenvalue weighted by Gasteiger charge is 2.19. The number of ether oxygens (including phenoxy) is 3. The highest BCUT2D eigenvalue weighted by Crippen LogP contribution is 2.16. The zero-order valence-corrected chi connectivity index (χ0v) is 43.3. The van der Waals surface area contributed by atoms with Crippen LogP contribution in [0.25, 0.3) is 0 Å². The largest absolute Gasteiger partial charge is 0.462 e. The number of hydrogen-bond donors (Lipinski definition) is 0. The summed E-state index contributed by atoms with van der Waals surface area (Å²) in [6, 6.07) is 0. The van der Waals surface area contributed by atoms with Gasteiger partial charge < -0.3 is 14.2 Å². The Balaban J connectivity index is 4.39. The second-order valence-electron chi connectivity index (χ2n) is 18.8. The minimum absolute atomic E-state index is 0.0821. The summed E-state index contributed by atoms with van der Waals surface area (Å²) < 4.78 is 16.8. The van der Waals surface area contributed by atoms with Crippen molar-refractivity contribution in [3.8, 4) is 0 Å². The SMILES string of the molecule is CCCCC/C=C\C/C=C\C/C=C\CCCCCCC(=O)O[C@H](COC(=O)CCCCCCC/C=C\CCCCCC)COC(=O)CCCCCCCCCCCCCCCCCCC. The van der Waals surface area contributed by atoms with Gasteiger partial charge in [-0.25, -0.2) is 0 Å². The molecule has 0 aromatic heterocycles. The van der Waals surface area contributed by atoms with Gasteiger partial charge in [0.2, 0.25) is 0 Å². The first kappa shape index (κ1) is 62.4. The summed E-state index contributed by atoms with van der Waals surface area (Å²) in [5.74, 6) is -0.900. The first-order valence-electron chi connectivity index (χ1n) is 28.1. The van der Waals surface area contributed by atoms with Crippen LogP contribution in [0.3, 0.4) is 0 Å². The molecule has 1 atom stereocenters. The second kappa shape index (κ2) is 54.0. The number of esters is 3. The van der Waals surface area contributed by atoms with Crippen molar-refractivity contribution in [1.29, 1.82) is 0 Å². The van der Waals surface area contributed by atoms with E-state index in [1.165, 1.54) is 161 Å². The Kier molecular flexibility index (Phi) is 51.8. The van der Waals surface area contributed by atoms with E-state index in [0.717, 1.165) is 89.9 Å². The zero-order valence-electron chi connectivity index (χ0n) is 43.3. The van der Waals surface area contributed by atoms with E-state index in [4.69, 9.17) is 14.2 Å². The third-order valence-electron chi connectivity index (χ3n) is 12.3. The lowest BCUT2D eigenvalue weighted by Crippen LogP contribution is -2.30. The van der Waals surface area contributed by atoms with E-state index in [1.54, 1.807) is 0 Å². The molecule has 0 fully saturated rings. The van der Waals surface area contributed by atoms with Crippen LogP contribution in [0.15, 0.2) is 48.6 Å². The standard InChI is InChI=1S/C59H106O6/c1-4-7-10-13-16-19-22-25-27-29-31-34-37-40-43-46-49-52-58(61)64-55-56(54-63-57(60)51-48-45-42-39-36-33-24-21-18-15-12-9-6-3)65-59(62)53-50-47-44-41-38-35-32-30-28-26-23-20-17-14-11-8-5-2/h17,20-21,24,26,28,32,35,56H,4-16,18-19,22-23,25,27,29-31,33-34,36-55H2,1-3H3/b20-17-,24-21-,28-26-,35-32-/t56-/m1/s1. The topological polar surface area (TPSA) is 78.9 Å². The molecular formula is C59H106O6. The number of allylic oxidation sites excluding steroid dienone is 8. The van der Waals surface area contributed by atoms with Gasteiger partial charge in [-0.15, -0.1) is 0 Å². The minimum Gasteiger partial charge on any atom is -0.462 e. The van der Waals surface area contributed by atoms with Crippen LogP contribution in [-0.4, -0.2) is 37.2 Å².